The Morgan fingerprint density at radius 2 is 2.31 bits per heavy atom. The van der Waals surface area contributed by atoms with Crippen LogP contribution in [0.1, 0.15) is 10.4 Å². The van der Waals surface area contributed by atoms with E-state index in [1.165, 1.54) is 19.2 Å². The molecule has 0 radical (unpaired) electrons. The molecule has 13 heavy (non-hydrogen) atoms. The lowest BCUT2D eigenvalue weighted by Gasteiger charge is -2.02. The van der Waals surface area contributed by atoms with Gasteiger partial charge in [-0.2, -0.15) is 0 Å². The number of ether oxygens (including phenoxy) is 1. The lowest BCUT2D eigenvalue weighted by atomic mass is 10.1. The zero-order chi connectivity index (χ0) is 9.84. The van der Waals surface area contributed by atoms with E-state index in [2.05, 4.69) is 0 Å². The molecular formula is C9H8ClFO2. The minimum absolute atomic E-state index is 0.117. The Morgan fingerprint density at radius 3 is 2.77 bits per heavy atom. The molecule has 1 rings (SSSR count). The predicted molar refractivity (Wildman–Crippen MR) is 48.0 cm³/mol. The SMILES string of the molecule is COc1ccc(C(=O)CCl)cc1F. The molecule has 0 heterocycles. The van der Waals surface area contributed by atoms with Gasteiger partial charge in [0.1, 0.15) is 0 Å². The number of halogens is 2. The van der Waals surface area contributed by atoms with Gasteiger partial charge in [-0.1, -0.05) is 0 Å². The van der Waals surface area contributed by atoms with Gasteiger partial charge in [-0.3, -0.25) is 4.79 Å². The quantitative estimate of drug-likeness (QED) is 0.555. The van der Waals surface area contributed by atoms with Crippen LogP contribution < -0.4 is 4.74 Å². The second-order valence-corrected chi connectivity index (χ2v) is 2.67. The summed E-state index contributed by atoms with van der Waals surface area (Å²) in [6.45, 7) is 0. The van der Waals surface area contributed by atoms with Gasteiger partial charge in [0.2, 0.25) is 0 Å². The second-order valence-electron chi connectivity index (χ2n) is 2.41. The van der Waals surface area contributed by atoms with Crippen molar-refractivity contribution in [2.45, 2.75) is 0 Å². The number of methoxy groups -OCH3 is 1. The number of ketones is 1. The number of rotatable bonds is 3. The minimum Gasteiger partial charge on any atom is -0.494 e. The largest absolute Gasteiger partial charge is 0.494 e. The number of carbonyl (C=O) groups is 1. The number of hydrogen-bond donors (Lipinski definition) is 0. The first-order valence-corrected chi connectivity index (χ1v) is 4.15. The lowest BCUT2D eigenvalue weighted by molar-refractivity contribution is 0.102. The van der Waals surface area contributed by atoms with Crippen molar-refractivity contribution in [2.75, 3.05) is 13.0 Å². The highest BCUT2D eigenvalue weighted by atomic mass is 35.5. The van der Waals surface area contributed by atoms with E-state index in [1.807, 2.05) is 0 Å². The molecule has 0 aliphatic carbocycles. The summed E-state index contributed by atoms with van der Waals surface area (Å²) >= 11 is 5.31. The molecule has 0 amide bonds. The Balaban J connectivity index is 3.02. The molecule has 0 aliphatic rings. The van der Waals surface area contributed by atoms with Gasteiger partial charge in [-0.15, -0.1) is 11.6 Å². The van der Waals surface area contributed by atoms with Crippen LogP contribution in [0.4, 0.5) is 4.39 Å². The zero-order valence-corrected chi connectivity index (χ0v) is 7.77. The molecule has 0 bridgehead atoms. The van der Waals surface area contributed by atoms with E-state index in [0.29, 0.717) is 0 Å². The molecule has 1 aromatic carbocycles. The van der Waals surface area contributed by atoms with Gasteiger partial charge in [0.15, 0.2) is 17.3 Å². The second kappa shape index (κ2) is 4.23. The molecule has 0 saturated heterocycles. The van der Waals surface area contributed by atoms with E-state index < -0.39 is 5.82 Å². The summed E-state index contributed by atoms with van der Waals surface area (Å²) in [5.41, 5.74) is 0.258. The van der Waals surface area contributed by atoms with Crippen LogP contribution in [0, 0.1) is 5.82 Å². The molecule has 0 aromatic heterocycles. The van der Waals surface area contributed by atoms with Gasteiger partial charge in [-0.25, -0.2) is 4.39 Å². The molecule has 0 spiro atoms. The fourth-order valence-corrected chi connectivity index (χ4v) is 1.07. The van der Waals surface area contributed by atoms with Gasteiger partial charge >= 0.3 is 0 Å². The van der Waals surface area contributed by atoms with Crippen molar-refractivity contribution in [3.05, 3.63) is 29.6 Å². The van der Waals surface area contributed by atoms with Gasteiger partial charge in [-0.05, 0) is 18.2 Å². The highest BCUT2D eigenvalue weighted by molar-refractivity contribution is 6.30. The Bertz CT molecular complexity index is 325. The molecule has 4 heteroatoms. The summed E-state index contributed by atoms with van der Waals surface area (Å²) in [7, 11) is 1.36. The van der Waals surface area contributed by atoms with Crippen LogP contribution >= 0.6 is 11.6 Å². The molecule has 70 valence electrons. The van der Waals surface area contributed by atoms with Crippen molar-refractivity contribution in [3.8, 4) is 5.75 Å². The van der Waals surface area contributed by atoms with Crippen LogP contribution in [0.5, 0.6) is 5.75 Å². The van der Waals surface area contributed by atoms with Crippen LogP contribution in [0.3, 0.4) is 0 Å². The maximum absolute atomic E-state index is 13.0. The number of benzene rings is 1. The summed E-state index contributed by atoms with van der Waals surface area (Å²) in [6, 6.07) is 3.99. The van der Waals surface area contributed by atoms with Crippen molar-refractivity contribution in [1.29, 1.82) is 0 Å². The smallest absolute Gasteiger partial charge is 0.177 e. The van der Waals surface area contributed by atoms with Crippen LogP contribution in [-0.4, -0.2) is 18.8 Å². The number of alkyl halides is 1. The van der Waals surface area contributed by atoms with E-state index in [9.17, 15) is 9.18 Å². The Hall–Kier alpha value is -1.09. The highest BCUT2D eigenvalue weighted by Gasteiger charge is 2.08. The van der Waals surface area contributed by atoms with E-state index in [1.54, 1.807) is 0 Å². The average molecular weight is 203 g/mol. The monoisotopic (exact) mass is 202 g/mol. The first-order chi connectivity index (χ1) is 6.19. The number of carbonyl (C=O) groups excluding carboxylic acids is 1. The minimum atomic E-state index is -0.557. The molecule has 0 fully saturated rings. The van der Waals surface area contributed by atoms with Crippen LogP contribution in [0.25, 0.3) is 0 Å². The van der Waals surface area contributed by atoms with Gasteiger partial charge < -0.3 is 4.74 Å². The fourth-order valence-electron chi connectivity index (χ4n) is 0.917. The molecule has 1 aromatic rings. The maximum Gasteiger partial charge on any atom is 0.177 e. The van der Waals surface area contributed by atoms with Crippen molar-refractivity contribution >= 4 is 17.4 Å². The third kappa shape index (κ3) is 2.18. The molecule has 2 nitrogen and oxygen atoms in total. The van der Waals surface area contributed by atoms with Gasteiger partial charge in [0, 0.05) is 5.56 Å². The zero-order valence-electron chi connectivity index (χ0n) is 7.01. The van der Waals surface area contributed by atoms with E-state index in [-0.39, 0.29) is 23.0 Å². The molecule has 0 aliphatic heterocycles. The Labute approximate surface area is 80.3 Å². The van der Waals surface area contributed by atoms with E-state index in [0.717, 1.165) is 6.07 Å². The van der Waals surface area contributed by atoms with Crippen LogP contribution in [0.15, 0.2) is 18.2 Å². The molecule has 0 unspecified atom stereocenters. The molecular weight excluding hydrogens is 195 g/mol. The molecule has 0 atom stereocenters. The first kappa shape index (κ1) is 9.99. The van der Waals surface area contributed by atoms with E-state index >= 15 is 0 Å². The van der Waals surface area contributed by atoms with Crippen molar-refractivity contribution in [1.82, 2.24) is 0 Å². The summed E-state index contributed by atoms with van der Waals surface area (Å²) in [6.07, 6.45) is 0. The lowest BCUT2D eigenvalue weighted by Crippen LogP contribution is -2.01. The Kier molecular flexibility index (Phi) is 3.25. The summed E-state index contributed by atoms with van der Waals surface area (Å²) in [5, 5.41) is 0. The first-order valence-electron chi connectivity index (χ1n) is 3.61. The average Bonchev–Trinajstić information content (AvgIpc) is 2.16. The normalized spacial score (nSPS) is 9.77. The Morgan fingerprint density at radius 1 is 1.62 bits per heavy atom. The number of Topliss-reactive ketones (excluding diaryl/α,β-unsaturated/α-hetero) is 1. The van der Waals surface area contributed by atoms with Crippen molar-refractivity contribution in [3.63, 3.8) is 0 Å². The third-order valence-corrected chi connectivity index (χ3v) is 1.84. The summed E-state index contributed by atoms with van der Waals surface area (Å²) in [4.78, 5) is 11.0. The maximum atomic E-state index is 13.0. The van der Waals surface area contributed by atoms with Gasteiger partial charge in [0.05, 0.1) is 13.0 Å². The highest BCUT2D eigenvalue weighted by Crippen LogP contribution is 2.17. The van der Waals surface area contributed by atoms with Gasteiger partial charge in [0.25, 0.3) is 0 Å². The predicted octanol–water partition coefficient (Wildman–Crippen LogP) is 2.26. The van der Waals surface area contributed by atoms with Crippen LogP contribution in [-0.2, 0) is 0 Å². The molecule has 0 saturated carbocycles. The number of hydrogen-bond acceptors (Lipinski definition) is 2. The fraction of sp³-hybridized carbons (Fsp3) is 0.222. The topological polar surface area (TPSA) is 26.3 Å². The van der Waals surface area contributed by atoms with Crippen molar-refractivity contribution < 1.29 is 13.9 Å². The summed E-state index contributed by atoms with van der Waals surface area (Å²) in [5.74, 6) is -0.890. The van der Waals surface area contributed by atoms with E-state index in [4.69, 9.17) is 16.3 Å². The third-order valence-electron chi connectivity index (χ3n) is 1.60. The molecule has 0 N–H and O–H groups in total. The standard InChI is InChI=1S/C9H8ClFO2/c1-13-9-3-2-6(4-7(9)11)8(12)5-10/h2-4H,5H2,1H3. The van der Waals surface area contributed by atoms with Crippen molar-refractivity contribution in [2.24, 2.45) is 0 Å². The van der Waals surface area contributed by atoms with Crippen LogP contribution in [0.2, 0.25) is 0 Å². The summed E-state index contributed by atoms with van der Waals surface area (Å²) < 4.78 is 17.7.